The molecule has 0 saturated heterocycles. The van der Waals surface area contributed by atoms with E-state index in [2.05, 4.69) is 23.2 Å². The van der Waals surface area contributed by atoms with E-state index in [0.29, 0.717) is 0 Å². The van der Waals surface area contributed by atoms with Crippen LogP contribution in [0.25, 0.3) is 21.8 Å². The van der Waals surface area contributed by atoms with Gasteiger partial charge in [-0.1, -0.05) is 36.4 Å². The molecule has 0 aliphatic heterocycles. The number of nitrogens with zero attached hydrogens (tertiary/aromatic N) is 1. The number of para-hydroxylation sites is 2. The fraction of sp³-hybridized carbons (Fsp3) is 0. The lowest BCUT2D eigenvalue weighted by Crippen LogP contribution is -2.07. The molecule has 0 saturated carbocycles. The molecular weight excluding hydrogens is 229 g/mol. The van der Waals surface area contributed by atoms with Crippen molar-refractivity contribution in [3.05, 3.63) is 54.6 Å². The SMILES string of the molecule is OB(O)O.c1ccc2nc3ccccc3cc2c1. The number of fused-ring (bicyclic) bond motifs is 2. The molecule has 3 N–H and O–H groups in total. The summed E-state index contributed by atoms with van der Waals surface area (Å²) < 4.78 is 0. The van der Waals surface area contributed by atoms with E-state index in [1.165, 1.54) is 10.8 Å². The van der Waals surface area contributed by atoms with Crippen molar-refractivity contribution in [2.45, 2.75) is 0 Å². The van der Waals surface area contributed by atoms with Gasteiger partial charge in [-0.25, -0.2) is 4.98 Å². The maximum atomic E-state index is 7.17. The number of hydrogen-bond donors (Lipinski definition) is 3. The molecule has 90 valence electrons. The van der Waals surface area contributed by atoms with Gasteiger partial charge >= 0.3 is 7.32 Å². The van der Waals surface area contributed by atoms with Gasteiger partial charge in [-0.2, -0.15) is 0 Å². The van der Waals surface area contributed by atoms with Crippen LogP contribution < -0.4 is 0 Å². The Bertz CT molecular complexity index is 550. The van der Waals surface area contributed by atoms with Crippen LogP contribution in [0.4, 0.5) is 0 Å². The second-order valence-electron chi connectivity index (χ2n) is 3.72. The summed E-state index contributed by atoms with van der Waals surface area (Å²) in [6.07, 6.45) is 0. The predicted octanol–water partition coefficient (Wildman–Crippen LogP) is 1.34. The summed E-state index contributed by atoms with van der Waals surface area (Å²) in [5.41, 5.74) is 2.12. The van der Waals surface area contributed by atoms with Crippen LogP contribution in [0.5, 0.6) is 0 Å². The zero-order chi connectivity index (χ0) is 13.0. The molecule has 0 bridgehead atoms. The van der Waals surface area contributed by atoms with Gasteiger partial charge in [0.25, 0.3) is 0 Å². The summed E-state index contributed by atoms with van der Waals surface area (Å²) in [5, 5.41) is 23.9. The van der Waals surface area contributed by atoms with Crippen molar-refractivity contribution in [1.29, 1.82) is 0 Å². The molecule has 0 atom stereocenters. The molecule has 4 nitrogen and oxygen atoms in total. The number of rotatable bonds is 0. The third-order valence-electron chi connectivity index (χ3n) is 2.43. The van der Waals surface area contributed by atoms with Gasteiger partial charge < -0.3 is 15.1 Å². The van der Waals surface area contributed by atoms with Crippen LogP contribution in [-0.2, 0) is 0 Å². The molecule has 0 spiro atoms. The van der Waals surface area contributed by atoms with Crippen LogP contribution in [0.2, 0.25) is 0 Å². The fourth-order valence-electron chi connectivity index (χ4n) is 1.72. The number of hydrogen-bond acceptors (Lipinski definition) is 4. The van der Waals surface area contributed by atoms with Crippen LogP contribution in [-0.4, -0.2) is 27.4 Å². The van der Waals surface area contributed by atoms with Gasteiger partial charge in [-0.05, 0) is 18.2 Å². The van der Waals surface area contributed by atoms with E-state index in [4.69, 9.17) is 15.1 Å². The third kappa shape index (κ3) is 3.04. The highest BCUT2D eigenvalue weighted by atomic mass is 16.5. The molecule has 0 amide bonds. The van der Waals surface area contributed by atoms with Gasteiger partial charge in [0.05, 0.1) is 11.0 Å². The summed E-state index contributed by atoms with van der Waals surface area (Å²) in [5.74, 6) is 0. The molecule has 0 aliphatic rings. The molecule has 0 unspecified atom stereocenters. The molecule has 2 aromatic carbocycles. The molecule has 0 radical (unpaired) electrons. The Balaban J connectivity index is 0.000000267. The molecule has 1 aromatic heterocycles. The molecule has 0 aliphatic carbocycles. The van der Waals surface area contributed by atoms with Crippen LogP contribution in [0, 0.1) is 0 Å². The van der Waals surface area contributed by atoms with Crippen molar-refractivity contribution in [2.24, 2.45) is 0 Å². The lowest BCUT2D eigenvalue weighted by Gasteiger charge is -1.99. The number of pyridine rings is 1. The maximum absolute atomic E-state index is 7.17. The highest BCUT2D eigenvalue weighted by Gasteiger charge is 1.96. The van der Waals surface area contributed by atoms with E-state index in [1.807, 2.05) is 36.4 Å². The first-order valence-corrected chi connectivity index (χ1v) is 5.45. The minimum Gasteiger partial charge on any atom is -0.402 e. The maximum Gasteiger partial charge on any atom is 0.631 e. The molecule has 1 heterocycles. The van der Waals surface area contributed by atoms with Gasteiger partial charge in [-0.3, -0.25) is 0 Å². The highest BCUT2D eigenvalue weighted by Crippen LogP contribution is 2.18. The molecule has 18 heavy (non-hydrogen) atoms. The lowest BCUT2D eigenvalue weighted by molar-refractivity contribution is 0.278. The van der Waals surface area contributed by atoms with Crippen molar-refractivity contribution < 1.29 is 15.1 Å². The van der Waals surface area contributed by atoms with Crippen LogP contribution >= 0.6 is 0 Å². The minimum absolute atomic E-state index is 1.06. The topological polar surface area (TPSA) is 73.6 Å². The van der Waals surface area contributed by atoms with E-state index >= 15 is 0 Å². The van der Waals surface area contributed by atoms with Crippen LogP contribution in [0.3, 0.4) is 0 Å². The second-order valence-corrected chi connectivity index (χ2v) is 3.72. The molecule has 0 fully saturated rings. The van der Waals surface area contributed by atoms with E-state index in [-0.39, 0.29) is 0 Å². The Morgan fingerprint density at radius 3 is 1.56 bits per heavy atom. The zero-order valence-corrected chi connectivity index (χ0v) is 9.56. The van der Waals surface area contributed by atoms with Gasteiger partial charge in [-0.15, -0.1) is 0 Å². The van der Waals surface area contributed by atoms with E-state index in [0.717, 1.165) is 11.0 Å². The first kappa shape index (κ1) is 12.5. The van der Waals surface area contributed by atoms with Crippen molar-refractivity contribution in [2.75, 3.05) is 0 Å². The Kier molecular flexibility index (Phi) is 3.89. The first-order chi connectivity index (χ1) is 8.66. The van der Waals surface area contributed by atoms with E-state index in [9.17, 15) is 0 Å². The van der Waals surface area contributed by atoms with Gasteiger partial charge in [0, 0.05) is 10.8 Å². The second kappa shape index (κ2) is 5.60. The minimum atomic E-state index is -2.17. The normalized spacial score (nSPS) is 9.94. The Morgan fingerprint density at radius 1 is 0.722 bits per heavy atom. The standard InChI is InChI=1S/C13H9N.BH3O3/c1-3-7-12-10(5-1)9-11-6-2-4-8-13(11)14-12;2-1(3)4/h1-9H;2-4H. The van der Waals surface area contributed by atoms with Gasteiger partial charge in [0.2, 0.25) is 0 Å². The van der Waals surface area contributed by atoms with Crippen molar-refractivity contribution in [3.8, 4) is 0 Å². The van der Waals surface area contributed by atoms with Gasteiger partial charge in [0.1, 0.15) is 0 Å². The fourth-order valence-corrected chi connectivity index (χ4v) is 1.72. The number of benzene rings is 2. The quantitative estimate of drug-likeness (QED) is 0.410. The number of aromatic nitrogens is 1. The van der Waals surface area contributed by atoms with Crippen molar-refractivity contribution in [1.82, 2.24) is 4.98 Å². The van der Waals surface area contributed by atoms with Crippen molar-refractivity contribution >= 4 is 29.1 Å². The van der Waals surface area contributed by atoms with Gasteiger partial charge in [0.15, 0.2) is 0 Å². The lowest BCUT2D eigenvalue weighted by atomic mass is 10.1. The molecule has 3 aromatic rings. The zero-order valence-electron chi connectivity index (χ0n) is 9.56. The summed E-state index contributed by atoms with van der Waals surface area (Å²) in [4.78, 5) is 4.58. The predicted molar refractivity (Wildman–Crippen MR) is 71.7 cm³/mol. The van der Waals surface area contributed by atoms with E-state index < -0.39 is 7.32 Å². The van der Waals surface area contributed by atoms with Crippen molar-refractivity contribution in [3.63, 3.8) is 0 Å². The largest absolute Gasteiger partial charge is 0.631 e. The molecular formula is C13H12BNO3. The summed E-state index contributed by atoms with van der Waals surface area (Å²) in [6, 6.07) is 18.6. The smallest absolute Gasteiger partial charge is 0.402 e. The molecule has 3 rings (SSSR count). The average molecular weight is 241 g/mol. The highest BCUT2D eigenvalue weighted by molar-refractivity contribution is 6.30. The summed E-state index contributed by atoms with van der Waals surface area (Å²) >= 11 is 0. The van der Waals surface area contributed by atoms with E-state index in [1.54, 1.807) is 0 Å². The first-order valence-electron chi connectivity index (χ1n) is 5.45. The average Bonchev–Trinajstić information content (AvgIpc) is 2.35. The Hall–Kier alpha value is -1.95. The Morgan fingerprint density at radius 2 is 1.11 bits per heavy atom. The van der Waals surface area contributed by atoms with Crippen LogP contribution in [0.15, 0.2) is 54.6 Å². The summed E-state index contributed by atoms with van der Waals surface area (Å²) in [6.45, 7) is 0. The molecule has 5 heteroatoms. The monoisotopic (exact) mass is 241 g/mol. The Labute approximate surface area is 104 Å². The van der Waals surface area contributed by atoms with Crippen LogP contribution in [0.1, 0.15) is 0 Å². The summed E-state index contributed by atoms with van der Waals surface area (Å²) in [7, 11) is -2.17. The third-order valence-corrected chi connectivity index (χ3v) is 2.43.